The maximum Gasteiger partial charge on any atom is 0.341 e. The van der Waals surface area contributed by atoms with E-state index in [2.05, 4.69) is 49.5 Å². The molecular weight excluding hydrogens is 462 g/mol. The molecule has 5 nitrogen and oxygen atoms in total. The Morgan fingerprint density at radius 1 is 1.26 bits per heavy atom. The van der Waals surface area contributed by atoms with Crippen LogP contribution in [0.25, 0.3) is 16.8 Å². The first-order valence-corrected chi connectivity index (χ1v) is 13.4. The molecule has 0 aliphatic heterocycles. The van der Waals surface area contributed by atoms with Crippen LogP contribution < -0.4 is 5.32 Å². The van der Waals surface area contributed by atoms with Gasteiger partial charge in [0.25, 0.3) is 0 Å². The SMILES string of the molecule is CCOC(=O)c1c(N/C=C(/C#N)c2nc(-c3ccc(CC(C)C)cc3)cs2)sc2c1CCCC2. The number of nitrogens with one attached hydrogen (secondary N) is 1. The van der Waals surface area contributed by atoms with Gasteiger partial charge in [-0.3, -0.25) is 0 Å². The van der Waals surface area contributed by atoms with Crippen molar-refractivity contribution in [3.63, 3.8) is 0 Å². The molecule has 0 bridgehead atoms. The molecule has 3 aromatic rings. The maximum absolute atomic E-state index is 12.7. The molecular formula is C27H29N3O2S2. The van der Waals surface area contributed by atoms with Crippen molar-refractivity contribution in [2.24, 2.45) is 5.92 Å². The normalized spacial score (nSPS) is 13.4. The number of benzene rings is 1. The van der Waals surface area contributed by atoms with Crippen LogP contribution in [0, 0.1) is 17.2 Å². The van der Waals surface area contributed by atoms with E-state index in [-0.39, 0.29) is 5.97 Å². The van der Waals surface area contributed by atoms with Gasteiger partial charge >= 0.3 is 5.97 Å². The molecule has 7 heteroatoms. The molecule has 0 saturated heterocycles. The molecule has 0 saturated carbocycles. The van der Waals surface area contributed by atoms with Crippen LogP contribution in [-0.4, -0.2) is 17.6 Å². The number of hydrogen-bond donors (Lipinski definition) is 1. The van der Waals surface area contributed by atoms with Gasteiger partial charge in [0.05, 0.1) is 17.9 Å². The number of thiophene rings is 1. The number of esters is 1. The van der Waals surface area contributed by atoms with Gasteiger partial charge in [-0.25, -0.2) is 9.78 Å². The molecule has 0 atom stereocenters. The summed E-state index contributed by atoms with van der Waals surface area (Å²) in [6, 6.07) is 10.7. The van der Waals surface area contributed by atoms with Crippen LogP contribution in [0.4, 0.5) is 5.00 Å². The second-order valence-corrected chi connectivity index (χ2v) is 10.7. The van der Waals surface area contributed by atoms with E-state index >= 15 is 0 Å². The molecule has 0 amide bonds. The first kappa shape index (κ1) is 24.2. The highest BCUT2D eigenvalue weighted by Gasteiger charge is 2.26. The Morgan fingerprint density at radius 2 is 2.03 bits per heavy atom. The number of rotatable bonds is 8. The second kappa shape index (κ2) is 11.0. The standard InChI is InChI=1S/C27H29N3O2S2/c1-4-32-27(31)24-21-7-5-6-8-23(21)34-26(24)29-15-20(14-28)25-30-22(16-33-25)19-11-9-18(10-12-19)13-17(2)3/h9-12,15-17,29H,4-8,13H2,1-3H3/b20-15-. The fourth-order valence-electron chi connectivity index (χ4n) is 4.18. The monoisotopic (exact) mass is 491 g/mol. The number of anilines is 1. The van der Waals surface area contributed by atoms with Crippen LogP contribution in [0.15, 0.2) is 35.8 Å². The number of hydrogen-bond acceptors (Lipinski definition) is 7. The van der Waals surface area contributed by atoms with Crippen molar-refractivity contribution in [3.8, 4) is 17.3 Å². The van der Waals surface area contributed by atoms with E-state index < -0.39 is 0 Å². The minimum absolute atomic E-state index is 0.297. The van der Waals surface area contributed by atoms with E-state index in [1.807, 2.05) is 12.3 Å². The predicted octanol–water partition coefficient (Wildman–Crippen LogP) is 7.10. The van der Waals surface area contributed by atoms with E-state index in [1.54, 1.807) is 17.5 Å². The Labute approximate surface area is 209 Å². The smallest absolute Gasteiger partial charge is 0.341 e. The third kappa shape index (κ3) is 5.40. The topological polar surface area (TPSA) is 75.0 Å². The van der Waals surface area contributed by atoms with E-state index in [1.165, 1.54) is 21.8 Å². The summed E-state index contributed by atoms with van der Waals surface area (Å²) in [7, 11) is 0. The van der Waals surface area contributed by atoms with Crippen molar-refractivity contribution >= 4 is 39.2 Å². The summed E-state index contributed by atoms with van der Waals surface area (Å²) in [6.45, 7) is 6.58. The zero-order chi connectivity index (χ0) is 24.1. The molecule has 1 aliphatic carbocycles. The summed E-state index contributed by atoms with van der Waals surface area (Å²) >= 11 is 3.03. The Morgan fingerprint density at radius 3 is 2.74 bits per heavy atom. The van der Waals surface area contributed by atoms with Crippen molar-refractivity contribution in [3.05, 3.63) is 62.4 Å². The third-order valence-electron chi connectivity index (χ3n) is 5.75. The van der Waals surface area contributed by atoms with Gasteiger partial charge in [0.2, 0.25) is 0 Å². The Bertz CT molecular complexity index is 1230. The van der Waals surface area contributed by atoms with Crippen LogP contribution in [-0.2, 0) is 24.0 Å². The molecule has 176 valence electrons. The average molecular weight is 492 g/mol. The van der Waals surface area contributed by atoms with Gasteiger partial charge in [-0.1, -0.05) is 38.1 Å². The van der Waals surface area contributed by atoms with Gasteiger partial charge in [-0.2, -0.15) is 5.26 Å². The highest BCUT2D eigenvalue weighted by molar-refractivity contribution is 7.16. The largest absolute Gasteiger partial charge is 0.462 e. The molecule has 34 heavy (non-hydrogen) atoms. The van der Waals surface area contributed by atoms with Crippen molar-refractivity contribution < 1.29 is 9.53 Å². The molecule has 0 radical (unpaired) electrons. The summed E-state index contributed by atoms with van der Waals surface area (Å²) < 4.78 is 5.32. The molecule has 0 unspecified atom stereocenters. The number of carbonyl (C=O) groups excluding carboxylic acids is 1. The summed E-state index contributed by atoms with van der Waals surface area (Å²) in [4.78, 5) is 18.6. The number of aryl methyl sites for hydroxylation is 1. The lowest BCUT2D eigenvalue weighted by atomic mass is 9.95. The van der Waals surface area contributed by atoms with Crippen molar-refractivity contribution in [1.82, 2.24) is 4.98 Å². The lowest BCUT2D eigenvalue weighted by Gasteiger charge is -2.12. The number of allylic oxidation sites excluding steroid dienone is 1. The number of carbonyl (C=O) groups is 1. The van der Waals surface area contributed by atoms with Gasteiger partial charge in [0.15, 0.2) is 0 Å². The van der Waals surface area contributed by atoms with Crippen LogP contribution in [0.3, 0.4) is 0 Å². The zero-order valence-corrected chi connectivity index (χ0v) is 21.4. The molecule has 0 spiro atoms. The highest BCUT2D eigenvalue weighted by Crippen LogP contribution is 2.39. The summed E-state index contributed by atoms with van der Waals surface area (Å²) in [6.07, 6.45) is 6.80. The molecule has 1 N–H and O–H groups in total. The summed E-state index contributed by atoms with van der Waals surface area (Å²) in [5, 5.41) is 16.4. The Balaban J connectivity index is 1.56. The molecule has 4 rings (SSSR count). The average Bonchev–Trinajstić information content (AvgIpc) is 3.45. The summed E-state index contributed by atoms with van der Waals surface area (Å²) in [5.74, 6) is 0.319. The molecule has 2 heterocycles. The summed E-state index contributed by atoms with van der Waals surface area (Å²) in [5.41, 5.74) is 5.37. The number of fused-ring (bicyclic) bond motifs is 1. The second-order valence-electron chi connectivity index (χ2n) is 8.78. The number of ether oxygens (including phenoxy) is 1. The number of aromatic nitrogens is 1. The fraction of sp³-hybridized carbons (Fsp3) is 0.370. The van der Waals surface area contributed by atoms with E-state index in [9.17, 15) is 10.1 Å². The Hall–Kier alpha value is -2.95. The first-order valence-electron chi connectivity index (χ1n) is 11.7. The van der Waals surface area contributed by atoms with Gasteiger partial charge in [-0.05, 0) is 56.1 Å². The van der Waals surface area contributed by atoms with Gasteiger partial charge < -0.3 is 10.1 Å². The molecule has 1 aliphatic rings. The highest BCUT2D eigenvalue weighted by atomic mass is 32.1. The van der Waals surface area contributed by atoms with E-state index in [4.69, 9.17) is 9.72 Å². The predicted molar refractivity (Wildman–Crippen MR) is 140 cm³/mol. The van der Waals surface area contributed by atoms with Gasteiger partial charge in [-0.15, -0.1) is 22.7 Å². The zero-order valence-electron chi connectivity index (χ0n) is 19.8. The molecule has 0 fully saturated rings. The van der Waals surface area contributed by atoms with Gasteiger partial charge in [0, 0.05) is 22.0 Å². The van der Waals surface area contributed by atoms with Crippen molar-refractivity contribution in [2.75, 3.05) is 11.9 Å². The van der Waals surface area contributed by atoms with Crippen molar-refractivity contribution in [1.29, 1.82) is 5.26 Å². The Kier molecular flexibility index (Phi) is 7.81. The minimum Gasteiger partial charge on any atom is -0.462 e. The quantitative estimate of drug-likeness (QED) is 0.269. The number of nitrogens with zero attached hydrogens (tertiary/aromatic N) is 2. The molecule has 1 aromatic carbocycles. The fourth-order valence-corrected chi connectivity index (χ4v) is 6.22. The minimum atomic E-state index is -0.297. The van der Waals surface area contributed by atoms with E-state index in [0.717, 1.165) is 53.9 Å². The van der Waals surface area contributed by atoms with Gasteiger partial charge in [0.1, 0.15) is 21.7 Å². The van der Waals surface area contributed by atoms with E-state index in [0.29, 0.717) is 28.7 Å². The lowest BCUT2D eigenvalue weighted by Crippen LogP contribution is -2.10. The maximum atomic E-state index is 12.7. The number of nitriles is 1. The van der Waals surface area contributed by atoms with Crippen LogP contribution >= 0.6 is 22.7 Å². The first-order chi connectivity index (χ1) is 16.5. The van der Waals surface area contributed by atoms with Crippen LogP contribution in [0.1, 0.15) is 65.0 Å². The van der Waals surface area contributed by atoms with Crippen molar-refractivity contribution in [2.45, 2.75) is 52.9 Å². The molecule has 2 aromatic heterocycles. The van der Waals surface area contributed by atoms with Crippen LogP contribution in [0.2, 0.25) is 0 Å². The number of thiazole rings is 1. The lowest BCUT2D eigenvalue weighted by molar-refractivity contribution is 0.0526. The third-order valence-corrected chi connectivity index (χ3v) is 7.85. The van der Waals surface area contributed by atoms with Crippen LogP contribution in [0.5, 0.6) is 0 Å².